The highest BCUT2D eigenvalue weighted by Gasteiger charge is 2.30. The number of hydrogen-bond donors (Lipinski definition) is 1. The Morgan fingerprint density at radius 2 is 1.72 bits per heavy atom. The second kappa shape index (κ2) is 9.19. The molecule has 9 heteroatoms. The van der Waals surface area contributed by atoms with Crippen molar-refractivity contribution in [2.24, 2.45) is 0 Å². The maximum atomic E-state index is 12.5. The van der Waals surface area contributed by atoms with Gasteiger partial charge in [0.05, 0.1) is 11.8 Å². The smallest absolute Gasteiger partial charge is 0.351 e. The molecule has 0 aliphatic rings. The van der Waals surface area contributed by atoms with Crippen LogP contribution >= 0.6 is 0 Å². The van der Waals surface area contributed by atoms with Crippen LogP contribution in [0.2, 0.25) is 0 Å². The molecule has 0 saturated heterocycles. The van der Waals surface area contributed by atoms with E-state index in [1.54, 1.807) is 0 Å². The predicted octanol–water partition coefficient (Wildman–Crippen LogP) is 2.89. The number of rotatable bonds is 9. The van der Waals surface area contributed by atoms with Crippen LogP contribution in [0.15, 0.2) is 24.3 Å². The first-order valence-electron chi connectivity index (χ1n) is 7.96. The van der Waals surface area contributed by atoms with Crippen molar-refractivity contribution in [3.63, 3.8) is 0 Å². The molecule has 142 valence electrons. The molecule has 0 bridgehead atoms. The van der Waals surface area contributed by atoms with E-state index in [1.807, 2.05) is 6.92 Å². The van der Waals surface area contributed by atoms with Gasteiger partial charge < -0.3 is 5.32 Å². The number of alkyl halides is 3. The van der Waals surface area contributed by atoms with Gasteiger partial charge in [-0.15, -0.1) is 0 Å². The Bertz CT molecular complexity index is 658. The van der Waals surface area contributed by atoms with Crippen molar-refractivity contribution in [2.75, 3.05) is 25.9 Å². The van der Waals surface area contributed by atoms with Gasteiger partial charge in [-0.25, -0.2) is 12.7 Å². The number of sulfonamides is 1. The summed E-state index contributed by atoms with van der Waals surface area (Å²) in [7, 11) is -3.37. The van der Waals surface area contributed by atoms with E-state index in [4.69, 9.17) is 0 Å². The zero-order valence-corrected chi connectivity index (χ0v) is 15.1. The van der Waals surface area contributed by atoms with Crippen molar-refractivity contribution >= 4 is 15.9 Å². The molecule has 0 saturated carbocycles. The second-order valence-electron chi connectivity index (χ2n) is 5.70. The molecular weight excluding hydrogens is 357 g/mol. The summed E-state index contributed by atoms with van der Waals surface area (Å²) in [6, 6.07) is 3.85. The van der Waals surface area contributed by atoms with E-state index in [2.05, 4.69) is 5.32 Å². The number of halogens is 3. The zero-order valence-electron chi connectivity index (χ0n) is 14.3. The van der Waals surface area contributed by atoms with Gasteiger partial charge in [-0.05, 0) is 30.7 Å². The number of carbonyl (C=O) groups is 1. The molecule has 0 radical (unpaired) electrons. The molecule has 5 nitrogen and oxygen atoms in total. The SMILES string of the molecule is CCCCCN(CCNC(=O)c1ccc(C(F)(F)F)cc1)S(C)(=O)=O. The van der Waals surface area contributed by atoms with Crippen molar-refractivity contribution in [3.05, 3.63) is 35.4 Å². The van der Waals surface area contributed by atoms with Crippen molar-refractivity contribution < 1.29 is 26.4 Å². The zero-order chi connectivity index (χ0) is 19.1. The molecule has 1 amide bonds. The van der Waals surface area contributed by atoms with Crippen LogP contribution in [0, 0.1) is 0 Å². The quantitative estimate of drug-likeness (QED) is 0.670. The van der Waals surface area contributed by atoms with E-state index in [0.717, 1.165) is 49.8 Å². The summed E-state index contributed by atoms with van der Waals surface area (Å²) in [4.78, 5) is 11.9. The van der Waals surface area contributed by atoms with Crippen LogP contribution in [-0.2, 0) is 16.2 Å². The van der Waals surface area contributed by atoms with Crippen LogP contribution < -0.4 is 5.32 Å². The topological polar surface area (TPSA) is 66.5 Å². The maximum absolute atomic E-state index is 12.5. The number of hydrogen-bond acceptors (Lipinski definition) is 3. The fraction of sp³-hybridized carbons (Fsp3) is 0.562. The van der Waals surface area contributed by atoms with Crippen molar-refractivity contribution in [2.45, 2.75) is 32.4 Å². The van der Waals surface area contributed by atoms with E-state index >= 15 is 0 Å². The number of nitrogens with one attached hydrogen (secondary N) is 1. The van der Waals surface area contributed by atoms with E-state index in [9.17, 15) is 26.4 Å². The van der Waals surface area contributed by atoms with Crippen LogP contribution in [0.4, 0.5) is 13.2 Å². The highest BCUT2D eigenvalue weighted by molar-refractivity contribution is 7.88. The Morgan fingerprint density at radius 3 is 2.20 bits per heavy atom. The summed E-state index contributed by atoms with van der Waals surface area (Å²) in [5, 5.41) is 2.52. The van der Waals surface area contributed by atoms with Gasteiger partial charge in [0.25, 0.3) is 5.91 Å². The minimum Gasteiger partial charge on any atom is -0.351 e. The summed E-state index contributed by atoms with van der Waals surface area (Å²) < 4.78 is 62.2. The van der Waals surface area contributed by atoms with Crippen LogP contribution in [0.1, 0.15) is 42.1 Å². The molecule has 0 aromatic heterocycles. The standard InChI is InChI=1S/C16H23F3N2O3S/c1-3-4-5-11-21(25(2,23)24)12-10-20-15(22)13-6-8-14(9-7-13)16(17,18)19/h6-9H,3-5,10-12H2,1-2H3,(H,20,22). The molecule has 1 rings (SSSR count). The highest BCUT2D eigenvalue weighted by Crippen LogP contribution is 2.29. The first-order valence-corrected chi connectivity index (χ1v) is 9.81. The monoisotopic (exact) mass is 380 g/mol. The molecule has 1 aromatic carbocycles. The lowest BCUT2D eigenvalue weighted by atomic mass is 10.1. The van der Waals surface area contributed by atoms with Crippen LogP contribution in [0.25, 0.3) is 0 Å². The molecule has 1 N–H and O–H groups in total. The van der Waals surface area contributed by atoms with E-state index in [1.165, 1.54) is 4.31 Å². The third-order valence-electron chi connectivity index (χ3n) is 3.60. The molecular formula is C16H23F3N2O3S. The third kappa shape index (κ3) is 7.43. The number of carbonyl (C=O) groups excluding carboxylic acids is 1. The highest BCUT2D eigenvalue weighted by atomic mass is 32.2. The maximum Gasteiger partial charge on any atom is 0.416 e. The lowest BCUT2D eigenvalue weighted by Gasteiger charge is -2.20. The molecule has 0 aliphatic carbocycles. The molecule has 25 heavy (non-hydrogen) atoms. The van der Waals surface area contributed by atoms with Crippen LogP contribution in [0.3, 0.4) is 0 Å². The van der Waals surface area contributed by atoms with Gasteiger partial charge >= 0.3 is 6.18 Å². The van der Waals surface area contributed by atoms with Crippen molar-refractivity contribution in [1.82, 2.24) is 9.62 Å². The van der Waals surface area contributed by atoms with Gasteiger partial charge in [0.15, 0.2) is 0 Å². The molecule has 0 aliphatic heterocycles. The Morgan fingerprint density at radius 1 is 1.12 bits per heavy atom. The minimum atomic E-state index is -4.45. The van der Waals surface area contributed by atoms with Gasteiger partial charge in [-0.2, -0.15) is 13.2 Å². The van der Waals surface area contributed by atoms with Gasteiger partial charge in [-0.3, -0.25) is 4.79 Å². The molecule has 1 aromatic rings. The van der Waals surface area contributed by atoms with Gasteiger partial charge in [-0.1, -0.05) is 19.8 Å². The summed E-state index contributed by atoms with van der Waals surface area (Å²) >= 11 is 0. The first kappa shape index (κ1) is 21.4. The number of unbranched alkanes of at least 4 members (excludes halogenated alkanes) is 2. The van der Waals surface area contributed by atoms with Crippen LogP contribution in [-0.4, -0.2) is 44.5 Å². The number of nitrogens with zero attached hydrogens (tertiary/aromatic N) is 1. The van der Waals surface area contributed by atoms with Crippen molar-refractivity contribution in [1.29, 1.82) is 0 Å². The largest absolute Gasteiger partial charge is 0.416 e. The predicted molar refractivity (Wildman–Crippen MR) is 89.7 cm³/mol. The van der Waals surface area contributed by atoms with Gasteiger partial charge in [0.1, 0.15) is 0 Å². The van der Waals surface area contributed by atoms with E-state index < -0.39 is 27.7 Å². The van der Waals surface area contributed by atoms with Crippen LogP contribution in [0.5, 0.6) is 0 Å². The summed E-state index contributed by atoms with van der Waals surface area (Å²) in [5.41, 5.74) is -0.742. The molecule has 0 fully saturated rings. The Labute approximate surface area is 146 Å². The normalized spacial score (nSPS) is 12.4. The molecule has 0 unspecified atom stereocenters. The summed E-state index contributed by atoms with van der Waals surface area (Å²) in [6.07, 6.45) is -0.747. The average Bonchev–Trinajstić information content (AvgIpc) is 2.51. The lowest BCUT2D eigenvalue weighted by Crippen LogP contribution is -2.38. The summed E-state index contributed by atoms with van der Waals surface area (Å²) in [6.45, 7) is 2.59. The Balaban J connectivity index is 2.57. The van der Waals surface area contributed by atoms with E-state index in [-0.39, 0.29) is 18.7 Å². The minimum absolute atomic E-state index is 0.0824. The lowest BCUT2D eigenvalue weighted by molar-refractivity contribution is -0.137. The Hall–Kier alpha value is -1.61. The second-order valence-corrected chi connectivity index (χ2v) is 7.68. The third-order valence-corrected chi connectivity index (χ3v) is 4.90. The Kier molecular flexibility index (Phi) is 7.88. The number of benzene rings is 1. The molecule has 0 atom stereocenters. The molecule has 0 spiro atoms. The van der Waals surface area contributed by atoms with Gasteiger partial charge in [0, 0.05) is 25.2 Å². The summed E-state index contributed by atoms with van der Waals surface area (Å²) in [5.74, 6) is -0.546. The van der Waals surface area contributed by atoms with Crippen molar-refractivity contribution in [3.8, 4) is 0 Å². The van der Waals surface area contributed by atoms with E-state index in [0.29, 0.717) is 6.54 Å². The fourth-order valence-electron chi connectivity index (χ4n) is 2.19. The first-order chi connectivity index (χ1) is 11.6. The molecule has 0 heterocycles. The average molecular weight is 380 g/mol. The van der Waals surface area contributed by atoms with Gasteiger partial charge in [0.2, 0.25) is 10.0 Å². The number of amides is 1. The fourth-order valence-corrected chi connectivity index (χ4v) is 3.07.